The Hall–Kier alpha value is -2.45. The number of amides is 2. The Morgan fingerprint density at radius 2 is 1.96 bits per heavy atom. The van der Waals surface area contributed by atoms with Crippen LogP contribution < -0.4 is 4.90 Å². The first-order valence-electron chi connectivity index (χ1n) is 9.08. The van der Waals surface area contributed by atoms with Crippen LogP contribution in [0.25, 0.3) is 0 Å². The van der Waals surface area contributed by atoms with E-state index in [9.17, 15) is 19.5 Å². The van der Waals surface area contributed by atoms with Gasteiger partial charge in [-0.3, -0.25) is 9.59 Å². The minimum absolute atomic E-state index is 0.140. The third kappa shape index (κ3) is 4.88. The van der Waals surface area contributed by atoms with Gasteiger partial charge in [0.05, 0.1) is 6.61 Å². The number of hydrogen-bond acceptors (Lipinski definition) is 6. The molecular weight excluding hydrogens is 364 g/mol. The fraction of sp³-hybridized carbons (Fsp3) is 0.550. The van der Waals surface area contributed by atoms with Crippen LogP contribution in [0.2, 0.25) is 0 Å². The van der Waals surface area contributed by atoms with Crippen LogP contribution in [0.1, 0.15) is 36.7 Å². The molecule has 1 N–H and O–H groups in total. The largest absolute Gasteiger partial charge is 0.458 e. The minimum Gasteiger partial charge on any atom is -0.458 e. The Labute approximate surface area is 165 Å². The number of aryl methyl sites for hydroxylation is 1. The number of benzene rings is 1. The first-order valence-corrected chi connectivity index (χ1v) is 9.08. The highest BCUT2D eigenvalue weighted by molar-refractivity contribution is 6.02. The maximum Gasteiger partial charge on any atom is 0.338 e. The second-order valence-corrected chi connectivity index (χ2v) is 7.96. The molecule has 1 fully saturated rings. The van der Waals surface area contributed by atoms with E-state index in [0.717, 1.165) is 5.56 Å². The SMILES string of the molecule is Cc1ccc(N2CCO[C@H]([C@@H](O)C(=O)OC(C)(C)C)C2=O)cc1C(=O)N(C)C. The maximum atomic E-state index is 12.9. The van der Waals surface area contributed by atoms with Gasteiger partial charge in [0.15, 0.2) is 12.2 Å². The van der Waals surface area contributed by atoms with Gasteiger partial charge in [-0.25, -0.2) is 4.79 Å². The molecule has 0 unspecified atom stereocenters. The third-order valence-corrected chi connectivity index (χ3v) is 4.23. The Morgan fingerprint density at radius 1 is 1.32 bits per heavy atom. The van der Waals surface area contributed by atoms with Crippen molar-refractivity contribution in [1.82, 2.24) is 4.90 Å². The average Bonchev–Trinajstić information content (AvgIpc) is 2.60. The molecule has 0 spiro atoms. The summed E-state index contributed by atoms with van der Waals surface area (Å²) in [6.45, 7) is 7.21. The number of morpholine rings is 1. The average molecular weight is 392 g/mol. The zero-order valence-electron chi connectivity index (χ0n) is 17.2. The fourth-order valence-electron chi connectivity index (χ4n) is 2.82. The van der Waals surface area contributed by atoms with E-state index in [1.807, 2.05) is 6.92 Å². The number of ether oxygens (including phenoxy) is 2. The predicted molar refractivity (Wildman–Crippen MR) is 103 cm³/mol. The summed E-state index contributed by atoms with van der Waals surface area (Å²) in [6.07, 6.45) is -3.10. The summed E-state index contributed by atoms with van der Waals surface area (Å²) in [4.78, 5) is 40.3. The summed E-state index contributed by atoms with van der Waals surface area (Å²) in [5.41, 5.74) is 0.971. The van der Waals surface area contributed by atoms with Gasteiger partial charge in [0.2, 0.25) is 0 Å². The van der Waals surface area contributed by atoms with Crippen molar-refractivity contribution >= 4 is 23.5 Å². The van der Waals surface area contributed by atoms with E-state index in [-0.39, 0.29) is 19.1 Å². The molecule has 1 aromatic carbocycles. The number of carbonyl (C=O) groups excluding carboxylic acids is 3. The molecule has 0 saturated carbocycles. The van der Waals surface area contributed by atoms with Crippen LogP contribution in [0.4, 0.5) is 5.69 Å². The standard InChI is InChI=1S/C20H28N2O6/c1-12-7-8-13(11-14(12)17(24)21(5)6)22-9-10-27-16(18(22)25)15(23)19(26)28-20(2,3)4/h7-8,11,15-16,23H,9-10H2,1-6H3/t15-,16-/m1/s1. The molecule has 2 rings (SSSR count). The summed E-state index contributed by atoms with van der Waals surface area (Å²) in [7, 11) is 3.31. The molecule has 1 heterocycles. The van der Waals surface area contributed by atoms with Gasteiger partial charge in [-0.05, 0) is 45.4 Å². The van der Waals surface area contributed by atoms with Crippen molar-refractivity contribution in [3.63, 3.8) is 0 Å². The Morgan fingerprint density at radius 3 is 2.54 bits per heavy atom. The van der Waals surface area contributed by atoms with Crippen molar-refractivity contribution in [2.24, 2.45) is 0 Å². The van der Waals surface area contributed by atoms with Gasteiger partial charge < -0.3 is 24.4 Å². The summed E-state index contributed by atoms with van der Waals surface area (Å²) in [6, 6.07) is 5.12. The van der Waals surface area contributed by atoms with E-state index in [4.69, 9.17) is 9.47 Å². The molecule has 1 saturated heterocycles. The summed E-state index contributed by atoms with van der Waals surface area (Å²) < 4.78 is 10.5. The number of anilines is 1. The number of aliphatic hydroxyl groups excluding tert-OH is 1. The zero-order valence-corrected chi connectivity index (χ0v) is 17.2. The smallest absolute Gasteiger partial charge is 0.338 e. The predicted octanol–water partition coefficient (Wildman–Crippen LogP) is 1.13. The Bertz CT molecular complexity index is 768. The van der Waals surface area contributed by atoms with Gasteiger partial charge in [0.25, 0.3) is 11.8 Å². The van der Waals surface area contributed by atoms with Crippen molar-refractivity contribution in [2.45, 2.75) is 45.5 Å². The number of carbonyl (C=O) groups is 3. The van der Waals surface area contributed by atoms with Crippen LogP contribution in [-0.2, 0) is 19.1 Å². The lowest BCUT2D eigenvalue weighted by Crippen LogP contribution is -2.55. The van der Waals surface area contributed by atoms with Crippen molar-refractivity contribution in [3.05, 3.63) is 29.3 Å². The van der Waals surface area contributed by atoms with E-state index in [0.29, 0.717) is 11.3 Å². The van der Waals surface area contributed by atoms with E-state index >= 15 is 0 Å². The monoisotopic (exact) mass is 392 g/mol. The lowest BCUT2D eigenvalue weighted by molar-refractivity contribution is -0.177. The van der Waals surface area contributed by atoms with Crippen LogP contribution in [0.15, 0.2) is 18.2 Å². The molecule has 8 heteroatoms. The molecule has 28 heavy (non-hydrogen) atoms. The number of hydrogen-bond donors (Lipinski definition) is 1. The summed E-state index contributed by atoms with van der Waals surface area (Å²) in [5.74, 6) is -1.65. The topological polar surface area (TPSA) is 96.4 Å². The Kier molecular flexibility index (Phi) is 6.46. The van der Waals surface area contributed by atoms with Crippen LogP contribution in [0, 0.1) is 6.92 Å². The van der Waals surface area contributed by atoms with Gasteiger partial charge in [-0.1, -0.05) is 6.07 Å². The Balaban J connectivity index is 2.26. The first-order chi connectivity index (χ1) is 12.9. The van der Waals surface area contributed by atoms with Crippen molar-refractivity contribution < 1.29 is 29.0 Å². The summed E-state index contributed by atoms with van der Waals surface area (Å²) in [5, 5.41) is 10.3. The molecule has 1 aliphatic heterocycles. The summed E-state index contributed by atoms with van der Waals surface area (Å²) >= 11 is 0. The van der Waals surface area contributed by atoms with E-state index < -0.39 is 29.7 Å². The molecule has 1 aliphatic rings. The highest BCUT2D eigenvalue weighted by Gasteiger charge is 2.41. The minimum atomic E-state index is -1.73. The van der Waals surface area contributed by atoms with Gasteiger partial charge in [-0.15, -0.1) is 0 Å². The lowest BCUT2D eigenvalue weighted by atomic mass is 10.0. The molecule has 1 aromatic rings. The van der Waals surface area contributed by atoms with Crippen LogP contribution >= 0.6 is 0 Å². The van der Waals surface area contributed by atoms with Crippen molar-refractivity contribution in [2.75, 3.05) is 32.1 Å². The molecule has 2 atom stereocenters. The lowest BCUT2D eigenvalue weighted by Gasteiger charge is -2.34. The fourth-order valence-corrected chi connectivity index (χ4v) is 2.82. The second-order valence-electron chi connectivity index (χ2n) is 7.96. The van der Waals surface area contributed by atoms with Crippen LogP contribution in [0.3, 0.4) is 0 Å². The van der Waals surface area contributed by atoms with Crippen LogP contribution in [-0.4, -0.2) is 72.8 Å². The molecule has 0 aliphatic carbocycles. The number of nitrogens with zero attached hydrogens (tertiary/aromatic N) is 2. The third-order valence-electron chi connectivity index (χ3n) is 4.23. The molecular formula is C20H28N2O6. The molecule has 0 bridgehead atoms. The van der Waals surface area contributed by atoms with Gasteiger partial charge in [-0.2, -0.15) is 0 Å². The molecule has 8 nitrogen and oxygen atoms in total. The van der Waals surface area contributed by atoms with Gasteiger partial charge in [0.1, 0.15) is 5.60 Å². The normalized spacial score (nSPS) is 18.6. The number of rotatable bonds is 4. The molecule has 2 amide bonds. The van der Waals surface area contributed by atoms with Gasteiger partial charge in [0, 0.05) is 31.9 Å². The van der Waals surface area contributed by atoms with Crippen molar-refractivity contribution in [3.8, 4) is 0 Å². The highest BCUT2D eigenvalue weighted by Crippen LogP contribution is 2.24. The van der Waals surface area contributed by atoms with E-state index in [1.54, 1.807) is 53.1 Å². The molecule has 154 valence electrons. The highest BCUT2D eigenvalue weighted by atomic mass is 16.6. The molecule has 0 aromatic heterocycles. The number of aliphatic hydroxyl groups is 1. The molecule has 0 radical (unpaired) electrons. The maximum absolute atomic E-state index is 12.9. The first kappa shape index (κ1) is 21.8. The van der Waals surface area contributed by atoms with Gasteiger partial charge >= 0.3 is 5.97 Å². The second kappa shape index (κ2) is 8.28. The van der Waals surface area contributed by atoms with E-state index in [2.05, 4.69) is 0 Å². The van der Waals surface area contributed by atoms with E-state index in [1.165, 1.54) is 9.80 Å². The number of esters is 1. The van der Waals surface area contributed by atoms with Crippen LogP contribution in [0.5, 0.6) is 0 Å². The van der Waals surface area contributed by atoms with Crippen molar-refractivity contribution in [1.29, 1.82) is 0 Å². The quantitative estimate of drug-likeness (QED) is 0.772. The zero-order chi connectivity index (χ0) is 21.2.